The Morgan fingerprint density at radius 2 is 2.00 bits per heavy atom. The van der Waals surface area contributed by atoms with Crippen LogP contribution >= 0.6 is 0 Å². The molecule has 1 aromatic heterocycles. The van der Waals surface area contributed by atoms with Crippen LogP contribution in [0.5, 0.6) is 0 Å². The van der Waals surface area contributed by atoms with Crippen molar-refractivity contribution >= 4 is 11.8 Å². The molecule has 0 aliphatic heterocycles. The Balaban J connectivity index is 2.49. The van der Waals surface area contributed by atoms with Crippen molar-refractivity contribution in [2.75, 3.05) is 0 Å². The molecule has 0 aliphatic rings. The summed E-state index contributed by atoms with van der Waals surface area (Å²) in [6.45, 7) is 0. The van der Waals surface area contributed by atoms with Crippen LogP contribution in [0.1, 0.15) is 5.69 Å². The molecule has 21 heavy (non-hydrogen) atoms. The van der Waals surface area contributed by atoms with Gasteiger partial charge in [-0.25, -0.2) is 0 Å². The van der Waals surface area contributed by atoms with Crippen LogP contribution in [-0.4, -0.2) is 9.49 Å². The quantitative estimate of drug-likeness (QED) is 0.489. The number of hydrogen-bond acceptors (Lipinski definition) is 4. The largest absolute Gasteiger partial charge is 0.344 e. The van der Waals surface area contributed by atoms with Gasteiger partial charge in [0.05, 0.1) is 4.92 Å². The van der Waals surface area contributed by atoms with Gasteiger partial charge < -0.3 is 4.57 Å². The van der Waals surface area contributed by atoms with E-state index in [1.807, 2.05) is 0 Å². The molecule has 6 nitrogen and oxygen atoms in total. The normalized spacial score (nSPS) is 9.48. The zero-order valence-electron chi connectivity index (χ0n) is 11.1. The summed E-state index contributed by atoms with van der Waals surface area (Å²) in [5.41, 5.74) is 2.15. The second-order valence-electron chi connectivity index (χ2n) is 4.29. The molecule has 0 saturated heterocycles. The van der Waals surface area contributed by atoms with Crippen LogP contribution in [0.25, 0.3) is 17.3 Å². The van der Waals surface area contributed by atoms with E-state index in [0.29, 0.717) is 11.3 Å². The summed E-state index contributed by atoms with van der Waals surface area (Å²) < 4.78 is 1.77. The summed E-state index contributed by atoms with van der Waals surface area (Å²) in [4.78, 5) is 10.4. The van der Waals surface area contributed by atoms with Crippen LogP contribution in [0, 0.1) is 32.8 Å². The number of nitriles is 2. The summed E-state index contributed by atoms with van der Waals surface area (Å²) in [6.07, 6.45) is 1.47. The maximum atomic E-state index is 10.8. The SMILES string of the molecule is Cn1c(C=C(C#N)C#N)ccc1-c1cccc([N+](=O)[O-])c1. The third-order valence-corrected chi connectivity index (χ3v) is 3.05. The highest BCUT2D eigenvalue weighted by Gasteiger charge is 2.10. The van der Waals surface area contributed by atoms with Gasteiger partial charge in [0.1, 0.15) is 17.7 Å². The number of non-ortho nitro benzene ring substituents is 1. The van der Waals surface area contributed by atoms with Gasteiger partial charge in [0.2, 0.25) is 0 Å². The number of benzene rings is 1. The Hall–Kier alpha value is -3.38. The first kappa shape index (κ1) is 14.0. The highest BCUT2D eigenvalue weighted by Crippen LogP contribution is 2.26. The van der Waals surface area contributed by atoms with Gasteiger partial charge in [-0.3, -0.25) is 10.1 Å². The van der Waals surface area contributed by atoms with E-state index >= 15 is 0 Å². The van der Waals surface area contributed by atoms with E-state index in [9.17, 15) is 10.1 Å². The molecule has 0 atom stereocenters. The average Bonchev–Trinajstić information content (AvgIpc) is 2.85. The minimum absolute atomic E-state index is 0.00166. The molecule has 0 spiro atoms. The van der Waals surface area contributed by atoms with Gasteiger partial charge >= 0.3 is 0 Å². The maximum absolute atomic E-state index is 10.8. The maximum Gasteiger partial charge on any atom is 0.270 e. The van der Waals surface area contributed by atoms with Gasteiger partial charge in [-0.1, -0.05) is 12.1 Å². The monoisotopic (exact) mass is 278 g/mol. The Bertz CT molecular complexity index is 803. The predicted molar refractivity (Wildman–Crippen MR) is 76.7 cm³/mol. The van der Waals surface area contributed by atoms with Gasteiger partial charge in [0, 0.05) is 36.1 Å². The average molecular weight is 278 g/mol. The van der Waals surface area contributed by atoms with Gasteiger partial charge in [0.15, 0.2) is 0 Å². The lowest BCUT2D eigenvalue weighted by atomic mass is 10.1. The highest BCUT2D eigenvalue weighted by molar-refractivity contribution is 5.68. The molecule has 1 heterocycles. The van der Waals surface area contributed by atoms with Gasteiger partial charge in [-0.15, -0.1) is 0 Å². The number of hydrogen-bond donors (Lipinski definition) is 0. The van der Waals surface area contributed by atoms with E-state index in [1.165, 1.54) is 18.2 Å². The number of nitrogens with zero attached hydrogens (tertiary/aromatic N) is 4. The van der Waals surface area contributed by atoms with E-state index in [1.54, 1.807) is 48.0 Å². The van der Waals surface area contributed by atoms with Crippen molar-refractivity contribution in [3.05, 3.63) is 57.8 Å². The third kappa shape index (κ3) is 2.80. The van der Waals surface area contributed by atoms with E-state index in [0.717, 1.165) is 5.69 Å². The number of nitro benzene ring substituents is 1. The molecule has 2 rings (SSSR count). The lowest BCUT2D eigenvalue weighted by Crippen LogP contribution is -1.95. The highest BCUT2D eigenvalue weighted by atomic mass is 16.6. The molecule has 0 saturated carbocycles. The molecule has 6 heteroatoms. The Morgan fingerprint density at radius 3 is 2.62 bits per heavy atom. The van der Waals surface area contributed by atoms with E-state index < -0.39 is 4.92 Å². The van der Waals surface area contributed by atoms with Crippen LogP contribution in [0.3, 0.4) is 0 Å². The van der Waals surface area contributed by atoms with Crippen LogP contribution in [0.4, 0.5) is 5.69 Å². The zero-order chi connectivity index (χ0) is 15.4. The first-order valence-corrected chi connectivity index (χ1v) is 5.99. The van der Waals surface area contributed by atoms with Gasteiger partial charge in [0.25, 0.3) is 5.69 Å². The molecule has 0 bridgehead atoms. The Kier molecular flexibility index (Phi) is 3.83. The van der Waals surface area contributed by atoms with Crippen molar-refractivity contribution in [3.8, 4) is 23.4 Å². The second kappa shape index (κ2) is 5.72. The minimum atomic E-state index is -0.448. The molecular weight excluding hydrogens is 268 g/mol. The summed E-state index contributed by atoms with van der Waals surface area (Å²) >= 11 is 0. The fourth-order valence-electron chi connectivity index (χ4n) is 1.98. The van der Waals surface area contributed by atoms with Gasteiger partial charge in [-0.2, -0.15) is 10.5 Å². The molecule has 0 N–H and O–H groups in total. The lowest BCUT2D eigenvalue weighted by molar-refractivity contribution is -0.384. The smallest absolute Gasteiger partial charge is 0.270 e. The molecule has 0 radical (unpaired) electrons. The molecule has 0 amide bonds. The summed E-state index contributed by atoms with van der Waals surface area (Å²) in [7, 11) is 1.77. The fourth-order valence-corrected chi connectivity index (χ4v) is 1.98. The molecular formula is C15H10N4O2. The number of aromatic nitrogens is 1. The van der Waals surface area contributed by atoms with Crippen molar-refractivity contribution < 1.29 is 4.92 Å². The summed E-state index contributed by atoms with van der Waals surface area (Å²) in [5, 5.41) is 28.4. The van der Waals surface area contributed by atoms with Crippen molar-refractivity contribution in [3.63, 3.8) is 0 Å². The van der Waals surface area contributed by atoms with Crippen LogP contribution in [-0.2, 0) is 7.05 Å². The van der Waals surface area contributed by atoms with Crippen LogP contribution in [0.15, 0.2) is 42.0 Å². The first-order chi connectivity index (χ1) is 10.1. The summed E-state index contributed by atoms with van der Waals surface area (Å²) in [5.74, 6) is 0. The summed E-state index contributed by atoms with van der Waals surface area (Å²) in [6, 6.07) is 13.4. The minimum Gasteiger partial charge on any atom is -0.344 e. The number of allylic oxidation sites excluding steroid dienone is 1. The van der Waals surface area contributed by atoms with Crippen LogP contribution in [0.2, 0.25) is 0 Å². The zero-order valence-corrected chi connectivity index (χ0v) is 11.1. The standard InChI is InChI=1S/C15H10N4O2/c1-18-13(7-11(9-16)10-17)5-6-15(18)12-3-2-4-14(8-12)19(20)21/h2-8H,1H3. The fraction of sp³-hybridized carbons (Fsp3) is 0.0667. The Morgan fingerprint density at radius 1 is 1.29 bits per heavy atom. The molecule has 0 unspecified atom stereocenters. The molecule has 2 aromatic rings. The Labute approximate surface area is 120 Å². The van der Waals surface area contributed by atoms with Crippen molar-refractivity contribution in [1.29, 1.82) is 10.5 Å². The van der Waals surface area contributed by atoms with Gasteiger partial charge in [-0.05, 0) is 18.2 Å². The number of nitro groups is 1. The van der Waals surface area contributed by atoms with Crippen LogP contribution < -0.4 is 0 Å². The first-order valence-electron chi connectivity index (χ1n) is 5.99. The third-order valence-electron chi connectivity index (χ3n) is 3.05. The molecule has 0 fully saturated rings. The molecule has 1 aromatic carbocycles. The number of rotatable bonds is 3. The van der Waals surface area contributed by atoms with Crippen molar-refractivity contribution in [1.82, 2.24) is 4.57 Å². The molecule has 102 valence electrons. The lowest BCUT2D eigenvalue weighted by Gasteiger charge is -2.05. The van der Waals surface area contributed by atoms with E-state index in [4.69, 9.17) is 10.5 Å². The predicted octanol–water partition coefficient (Wildman–Crippen LogP) is 3.03. The van der Waals surface area contributed by atoms with Crippen molar-refractivity contribution in [2.45, 2.75) is 0 Å². The molecule has 0 aliphatic carbocycles. The van der Waals surface area contributed by atoms with E-state index in [2.05, 4.69) is 0 Å². The second-order valence-corrected chi connectivity index (χ2v) is 4.29. The topological polar surface area (TPSA) is 95.7 Å². The van der Waals surface area contributed by atoms with E-state index in [-0.39, 0.29) is 11.3 Å². The van der Waals surface area contributed by atoms with Crippen molar-refractivity contribution in [2.24, 2.45) is 7.05 Å².